The zero-order valence-electron chi connectivity index (χ0n) is 10.4. The first kappa shape index (κ1) is 15.4. The molecule has 1 atom stereocenters. The van der Waals surface area contributed by atoms with Crippen molar-refractivity contribution >= 4 is 11.9 Å². The van der Waals surface area contributed by atoms with Crippen LogP contribution in [0.15, 0.2) is 0 Å². The van der Waals surface area contributed by atoms with Gasteiger partial charge in [0.15, 0.2) is 0 Å². The highest BCUT2D eigenvalue weighted by molar-refractivity contribution is 5.66. The molecule has 17 heavy (non-hydrogen) atoms. The molecule has 0 N–H and O–H groups in total. The van der Waals surface area contributed by atoms with Crippen LogP contribution in [-0.4, -0.2) is 24.6 Å². The Morgan fingerprint density at radius 1 is 1.18 bits per heavy atom. The van der Waals surface area contributed by atoms with E-state index in [1.807, 2.05) is 6.07 Å². The predicted molar refractivity (Wildman–Crippen MR) is 60.9 cm³/mol. The van der Waals surface area contributed by atoms with Gasteiger partial charge in [0.2, 0.25) is 0 Å². The summed E-state index contributed by atoms with van der Waals surface area (Å²) in [4.78, 5) is 21.4. The van der Waals surface area contributed by atoms with E-state index in [1.165, 1.54) is 13.8 Å². The van der Waals surface area contributed by atoms with Crippen molar-refractivity contribution in [1.82, 2.24) is 0 Å². The van der Waals surface area contributed by atoms with Crippen molar-refractivity contribution in [1.29, 1.82) is 5.26 Å². The van der Waals surface area contributed by atoms with Crippen LogP contribution in [-0.2, 0) is 19.1 Å². The molecule has 0 saturated heterocycles. The quantitative estimate of drug-likeness (QED) is 0.479. The van der Waals surface area contributed by atoms with Crippen LogP contribution in [0, 0.1) is 11.3 Å². The van der Waals surface area contributed by atoms with Crippen molar-refractivity contribution in [3.8, 4) is 6.07 Å². The Labute approximate surface area is 102 Å². The van der Waals surface area contributed by atoms with Crippen molar-refractivity contribution in [2.45, 2.75) is 52.1 Å². The first-order valence-electron chi connectivity index (χ1n) is 5.73. The first-order valence-corrected chi connectivity index (χ1v) is 5.73. The van der Waals surface area contributed by atoms with Gasteiger partial charge in [-0.25, -0.2) is 0 Å². The lowest BCUT2D eigenvalue weighted by Crippen LogP contribution is -2.17. The molecule has 0 saturated carbocycles. The molecule has 5 nitrogen and oxygen atoms in total. The second-order valence-electron chi connectivity index (χ2n) is 3.76. The first-order chi connectivity index (χ1) is 8.06. The molecule has 0 radical (unpaired) electrons. The van der Waals surface area contributed by atoms with Crippen molar-refractivity contribution in [3.63, 3.8) is 0 Å². The normalized spacial score (nSPS) is 11.4. The van der Waals surface area contributed by atoms with Gasteiger partial charge < -0.3 is 9.47 Å². The van der Waals surface area contributed by atoms with E-state index in [0.717, 1.165) is 0 Å². The Balaban J connectivity index is 3.80. The molecule has 0 unspecified atom stereocenters. The van der Waals surface area contributed by atoms with Crippen LogP contribution in [0.4, 0.5) is 0 Å². The Kier molecular flexibility index (Phi) is 8.75. The third kappa shape index (κ3) is 10.7. The van der Waals surface area contributed by atoms with Crippen LogP contribution in [0.5, 0.6) is 0 Å². The molecular formula is C12H19NO4. The second kappa shape index (κ2) is 9.64. The number of carbonyl (C=O) groups is 2. The van der Waals surface area contributed by atoms with E-state index in [2.05, 4.69) is 0 Å². The van der Waals surface area contributed by atoms with Crippen LogP contribution in [0.3, 0.4) is 0 Å². The standard InChI is InChI=1S/C12H19NO4/c1-10(14)16-9-5-7-12(17-11(2)15)6-3-4-8-13/h12H,3-7,9H2,1-2H3/t12-/m0/s1. The molecule has 5 heteroatoms. The zero-order valence-corrected chi connectivity index (χ0v) is 10.4. The van der Waals surface area contributed by atoms with E-state index in [9.17, 15) is 9.59 Å². The summed E-state index contributed by atoms with van der Waals surface area (Å²) in [6, 6.07) is 2.05. The fourth-order valence-corrected chi connectivity index (χ4v) is 1.43. The van der Waals surface area contributed by atoms with E-state index in [-0.39, 0.29) is 18.0 Å². The van der Waals surface area contributed by atoms with E-state index in [0.29, 0.717) is 38.7 Å². The molecule has 0 fully saturated rings. The summed E-state index contributed by atoms with van der Waals surface area (Å²) in [6.07, 6.45) is 2.97. The summed E-state index contributed by atoms with van der Waals surface area (Å²) in [6.45, 7) is 3.06. The van der Waals surface area contributed by atoms with Gasteiger partial charge >= 0.3 is 11.9 Å². The fraction of sp³-hybridized carbons (Fsp3) is 0.750. The fourth-order valence-electron chi connectivity index (χ4n) is 1.43. The summed E-state index contributed by atoms with van der Waals surface area (Å²) in [5.41, 5.74) is 0. The SMILES string of the molecule is CC(=O)OCCC[C@H](CCCC#N)OC(C)=O. The number of rotatable bonds is 8. The Morgan fingerprint density at radius 2 is 1.82 bits per heavy atom. The van der Waals surface area contributed by atoms with Gasteiger partial charge in [-0.2, -0.15) is 5.26 Å². The minimum Gasteiger partial charge on any atom is -0.466 e. The van der Waals surface area contributed by atoms with Crippen molar-refractivity contribution < 1.29 is 19.1 Å². The summed E-state index contributed by atoms with van der Waals surface area (Å²) in [5.74, 6) is -0.627. The number of hydrogen-bond donors (Lipinski definition) is 0. The summed E-state index contributed by atoms with van der Waals surface area (Å²) in [7, 11) is 0. The molecule has 0 aliphatic rings. The lowest BCUT2D eigenvalue weighted by Gasteiger charge is -2.16. The number of nitriles is 1. The van der Waals surface area contributed by atoms with Crippen LogP contribution >= 0.6 is 0 Å². The van der Waals surface area contributed by atoms with Gasteiger partial charge in [-0.1, -0.05) is 0 Å². The van der Waals surface area contributed by atoms with Gasteiger partial charge in [0, 0.05) is 20.3 Å². The number of ether oxygens (including phenoxy) is 2. The van der Waals surface area contributed by atoms with E-state index >= 15 is 0 Å². The van der Waals surface area contributed by atoms with Gasteiger partial charge in [0.1, 0.15) is 6.10 Å². The van der Waals surface area contributed by atoms with E-state index in [1.54, 1.807) is 0 Å². The average molecular weight is 241 g/mol. The Morgan fingerprint density at radius 3 is 2.35 bits per heavy atom. The second-order valence-corrected chi connectivity index (χ2v) is 3.76. The van der Waals surface area contributed by atoms with Gasteiger partial charge in [0.25, 0.3) is 0 Å². The average Bonchev–Trinajstić information content (AvgIpc) is 2.23. The molecule has 0 heterocycles. The molecule has 0 rings (SSSR count). The number of unbranched alkanes of at least 4 members (excludes halogenated alkanes) is 1. The smallest absolute Gasteiger partial charge is 0.302 e. The topological polar surface area (TPSA) is 76.4 Å². The molecule has 0 bridgehead atoms. The van der Waals surface area contributed by atoms with Crippen LogP contribution < -0.4 is 0 Å². The van der Waals surface area contributed by atoms with E-state index < -0.39 is 0 Å². The highest BCUT2D eigenvalue weighted by Gasteiger charge is 2.11. The molecule has 0 aliphatic heterocycles. The zero-order chi connectivity index (χ0) is 13.1. The van der Waals surface area contributed by atoms with Crippen molar-refractivity contribution in [2.24, 2.45) is 0 Å². The lowest BCUT2D eigenvalue weighted by molar-refractivity contribution is -0.148. The van der Waals surface area contributed by atoms with Gasteiger partial charge in [-0.15, -0.1) is 0 Å². The molecule has 0 aromatic carbocycles. The number of hydrogen-bond acceptors (Lipinski definition) is 5. The molecule has 96 valence electrons. The predicted octanol–water partition coefficient (Wildman–Crippen LogP) is 1.96. The summed E-state index contributed by atoms with van der Waals surface area (Å²) < 4.78 is 9.91. The lowest BCUT2D eigenvalue weighted by atomic mass is 10.1. The van der Waals surface area contributed by atoms with Gasteiger partial charge in [-0.3, -0.25) is 9.59 Å². The third-order valence-electron chi connectivity index (χ3n) is 2.12. The molecule has 0 aromatic rings. The monoisotopic (exact) mass is 241 g/mol. The maximum atomic E-state index is 10.9. The number of nitrogens with zero attached hydrogens (tertiary/aromatic N) is 1. The number of esters is 2. The minimum atomic E-state index is -0.320. The van der Waals surface area contributed by atoms with Crippen LogP contribution in [0.1, 0.15) is 46.0 Å². The molecular weight excluding hydrogens is 222 g/mol. The van der Waals surface area contributed by atoms with Crippen LogP contribution in [0.2, 0.25) is 0 Å². The maximum absolute atomic E-state index is 10.9. The Bertz CT molecular complexity index is 283. The van der Waals surface area contributed by atoms with Crippen molar-refractivity contribution in [3.05, 3.63) is 0 Å². The maximum Gasteiger partial charge on any atom is 0.302 e. The summed E-state index contributed by atoms with van der Waals surface area (Å²) in [5, 5.41) is 8.42. The van der Waals surface area contributed by atoms with Crippen molar-refractivity contribution in [2.75, 3.05) is 6.61 Å². The van der Waals surface area contributed by atoms with E-state index in [4.69, 9.17) is 14.7 Å². The number of carbonyl (C=O) groups excluding carboxylic acids is 2. The van der Waals surface area contributed by atoms with Gasteiger partial charge in [0.05, 0.1) is 12.7 Å². The minimum absolute atomic E-state index is 0.184. The largest absolute Gasteiger partial charge is 0.466 e. The molecule has 0 amide bonds. The Hall–Kier alpha value is -1.57. The molecule has 0 spiro atoms. The molecule has 0 aromatic heterocycles. The summed E-state index contributed by atoms with van der Waals surface area (Å²) >= 11 is 0. The highest BCUT2D eigenvalue weighted by atomic mass is 16.5. The van der Waals surface area contributed by atoms with Gasteiger partial charge in [-0.05, 0) is 25.7 Å². The highest BCUT2D eigenvalue weighted by Crippen LogP contribution is 2.11. The van der Waals surface area contributed by atoms with Crippen LogP contribution in [0.25, 0.3) is 0 Å². The molecule has 0 aliphatic carbocycles. The third-order valence-corrected chi connectivity index (χ3v) is 2.12.